The molecule has 0 spiro atoms. The molecule has 1 fully saturated rings. The second kappa shape index (κ2) is 9.39. The van der Waals surface area contributed by atoms with Gasteiger partial charge in [-0.3, -0.25) is 14.5 Å². The van der Waals surface area contributed by atoms with Crippen LogP contribution in [0.25, 0.3) is 0 Å². The molecule has 0 aliphatic carbocycles. The highest BCUT2D eigenvalue weighted by Gasteiger charge is 2.45. The predicted octanol–water partition coefficient (Wildman–Crippen LogP) is 2.36. The van der Waals surface area contributed by atoms with Crippen molar-refractivity contribution in [3.63, 3.8) is 0 Å². The monoisotopic (exact) mass is 386 g/mol. The number of carboxylic acids is 1. The maximum atomic E-state index is 12.7. The molecular formula is C19H34N2O6. The minimum absolute atomic E-state index is 0.0376. The Labute approximate surface area is 161 Å². The molecule has 2 unspecified atom stereocenters. The number of ether oxygens (including phenoxy) is 2. The number of piperazine rings is 1. The first-order valence-electron chi connectivity index (χ1n) is 9.52. The van der Waals surface area contributed by atoms with Crippen LogP contribution in [0.2, 0.25) is 0 Å². The van der Waals surface area contributed by atoms with Crippen LogP contribution in [0.15, 0.2) is 0 Å². The standard InChI is InChI=1S/C19H34N2O6/c1-8-13(4)26-17(24)15-11-20(18(25)27-19(5,6)7)10-14(16(22)23)21(15)9-12(2)3/h12-15H,8-11H2,1-7H3,(H,22,23)/t13?,14-,15?/m0/s1. The minimum Gasteiger partial charge on any atom is -0.480 e. The van der Waals surface area contributed by atoms with Crippen LogP contribution in [0.3, 0.4) is 0 Å². The fourth-order valence-corrected chi connectivity index (χ4v) is 2.86. The lowest BCUT2D eigenvalue weighted by molar-refractivity contribution is -0.163. The highest BCUT2D eigenvalue weighted by molar-refractivity contribution is 5.82. The van der Waals surface area contributed by atoms with E-state index in [2.05, 4.69) is 0 Å². The molecule has 1 saturated heterocycles. The van der Waals surface area contributed by atoms with Crippen LogP contribution in [0.4, 0.5) is 4.79 Å². The molecular weight excluding hydrogens is 352 g/mol. The fraction of sp³-hybridized carbons (Fsp3) is 0.842. The van der Waals surface area contributed by atoms with Gasteiger partial charge in [-0.2, -0.15) is 0 Å². The van der Waals surface area contributed by atoms with E-state index in [-0.39, 0.29) is 25.1 Å². The maximum Gasteiger partial charge on any atom is 0.410 e. The summed E-state index contributed by atoms with van der Waals surface area (Å²) in [7, 11) is 0. The zero-order chi connectivity index (χ0) is 20.9. The molecule has 3 atom stereocenters. The summed E-state index contributed by atoms with van der Waals surface area (Å²) >= 11 is 0. The number of nitrogens with zero attached hydrogens (tertiary/aromatic N) is 2. The first-order valence-corrected chi connectivity index (χ1v) is 9.52. The second-order valence-corrected chi connectivity index (χ2v) is 8.50. The van der Waals surface area contributed by atoms with Gasteiger partial charge in [0, 0.05) is 6.54 Å². The van der Waals surface area contributed by atoms with Crippen molar-refractivity contribution in [2.75, 3.05) is 19.6 Å². The van der Waals surface area contributed by atoms with Gasteiger partial charge in [0.15, 0.2) is 0 Å². The van der Waals surface area contributed by atoms with Gasteiger partial charge in [-0.25, -0.2) is 4.79 Å². The van der Waals surface area contributed by atoms with Crippen molar-refractivity contribution in [3.05, 3.63) is 0 Å². The molecule has 0 bridgehead atoms. The predicted molar refractivity (Wildman–Crippen MR) is 100 cm³/mol. The fourth-order valence-electron chi connectivity index (χ4n) is 2.86. The average Bonchev–Trinajstić information content (AvgIpc) is 2.52. The van der Waals surface area contributed by atoms with E-state index in [0.29, 0.717) is 13.0 Å². The van der Waals surface area contributed by atoms with Crippen LogP contribution >= 0.6 is 0 Å². The summed E-state index contributed by atoms with van der Waals surface area (Å²) in [6, 6.07) is -1.84. The van der Waals surface area contributed by atoms with E-state index < -0.39 is 35.7 Å². The molecule has 27 heavy (non-hydrogen) atoms. The molecule has 156 valence electrons. The number of rotatable bonds is 6. The van der Waals surface area contributed by atoms with E-state index in [4.69, 9.17) is 9.47 Å². The molecule has 8 nitrogen and oxygen atoms in total. The number of esters is 1. The van der Waals surface area contributed by atoms with Gasteiger partial charge in [0.05, 0.1) is 19.2 Å². The molecule has 1 heterocycles. The quantitative estimate of drug-likeness (QED) is 0.700. The van der Waals surface area contributed by atoms with Crippen LogP contribution in [0.1, 0.15) is 54.9 Å². The van der Waals surface area contributed by atoms with Crippen LogP contribution in [-0.4, -0.2) is 76.4 Å². The molecule has 1 rings (SSSR count). The van der Waals surface area contributed by atoms with Crippen LogP contribution in [0.5, 0.6) is 0 Å². The van der Waals surface area contributed by atoms with Gasteiger partial charge >= 0.3 is 18.0 Å². The lowest BCUT2D eigenvalue weighted by Crippen LogP contribution is -2.65. The highest BCUT2D eigenvalue weighted by Crippen LogP contribution is 2.22. The van der Waals surface area contributed by atoms with Crippen molar-refractivity contribution < 1.29 is 29.0 Å². The summed E-state index contributed by atoms with van der Waals surface area (Å²) < 4.78 is 10.8. The smallest absolute Gasteiger partial charge is 0.410 e. The maximum absolute atomic E-state index is 12.7. The van der Waals surface area contributed by atoms with E-state index in [0.717, 1.165) is 0 Å². The van der Waals surface area contributed by atoms with E-state index in [1.165, 1.54) is 4.90 Å². The number of carboxylic acid groups (broad SMARTS) is 1. The largest absolute Gasteiger partial charge is 0.480 e. The number of aliphatic carboxylic acids is 1. The van der Waals surface area contributed by atoms with Crippen LogP contribution < -0.4 is 0 Å². The van der Waals surface area contributed by atoms with Crippen molar-refractivity contribution in [3.8, 4) is 0 Å². The van der Waals surface area contributed by atoms with Gasteiger partial charge in [0.1, 0.15) is 17.7 Å². The third-order valence-corrected chi connectivity index (χ3v) is 4.26. The third-order valence-electron chi connectivity index (χ3n) is 4.26. The molecule has 0 aromatic rings. The molecule has 0 aromatic carbocycles. The number of amides is 1. The molecule has 1 aliphatic heterocycles. The summed E-state index contributed by atoms with van der Waals surface area (Å²) in [6.07, 6.45) is -0.251. The molecule has 1 amide bonds. The summed E-state index contributed by atoms with van der Waals surface area (Å²) in [5.74, 6) is -1.44. The average molecular weight is 386 g/mol. The van der Waals surface area contributed by atoms with Gasteiger partial charge in [-0.05, 0) is 40.0 Å². The van der Waals surface area contributed by atoms with Crippen molar-refractivity contribution in [1.82, 2.24) is 9.80 Å². The van der Waals surface area contributed by atoms with Crippen molar-refractivity contribution in [1.29, 1.82) is 0 Å². The summed E-state index contributed by atoms with van der Waals surface area (Å²) in [6.45, 7) is 13.2. The second-order valence-electron chi connectivity index (χ2n) is 8.50. The summed E-state index contributed by atoms with van der Waals surface area (Å²) in [5, 5.41) is 9.71. The molecule has 0 saturated carbocycles. The Hall–Kier alpha value is -1.83. The van der Waals surface area contributed by atoms with E-state index >= 15 is 0 Å². The number of carbonyl (C=O) groups excluding carboxylic acids is 2. The Kier molecular flexibility index (Phi) is 8.07. The molecule has 8 heteroatoms. The lowest BCUT2D eigenvalue weighted by atomic mass is 10.0. The first-order chi connectivity index (χ1) is 12.4. The van der Waals surface area contributed by atoms with Crippen molar-refractivity contribution in [2.24, 2.45) is 5.92 Å². The van der Waals surface area contributed by atoms with Gasteiger partial charge in [-0.15, -0.1) is 0 Å². The summed E-state index contributed by atoms with van der Waals surface area (Å²) in [5.41, 5.74) is -0.711. The third kappa shape index (κ3) is 7.01. The lowest BCUT2D eigenvalue weighted by Gasteiger charge is -2.44. The van der Waals surface area contributed by atoms with E-state index in [9.17, 15) is 19.5 Å². The minimum atomic E-state index is -1.08. The van der Waals surface area contributed by atoms with E-state index in [1.807, 2.05) is 20.8 Å². The SMILES string of the molecule is CCC(C)OC(=O)C1CN(C(=O)OC(C)(C)C)C[C@@H](C(=O)O)N1CC(C)C. The first kappa shape index (κ1) is 23.2. The van der Waals surface area contributed by atoms with Gasteiger partial charge in [-0.1, -0.05) is 20.8 Å². The highest BCUT2D eigenvalue weighted by atomic mass is 16.6. The Morgan fingerprint density at radius 3 is 2.11 bits per heavy atom. The van der Waals surface area contributed by atoms with Crippen LogP contribution in [0, 0.1) is 5.92 Å². The molecule has 1 N–H and O–H groups in total. The zero-order valence-electron chi connectivity index (χ0n) is 17.5. The van der Waals surface area contributed by atoms with Gasteiger partial charge in [0.2, 0.25) is 0 Å². The van der Waals surface area contributed by atoms with E-state index in [1.54, 1.807) is 32.6 Å². The molecule has 1 aliphatic rings. The number of hydrogen-bond acceptors (Lipinski definition) is 6. The van der Waals surface area contributed by atoms with Gasteiger partial charge in [0.25, 0.3) is 0 Å². The normalized spacial score (nSPS) is 22.4. The summed E-state index contributed by atoms with van der Waals surface area (Å²) in [4.78, 5) is 40.0. The number of carbonyl (C=O) groups is 3. The Balaban J connectivity index is 3.14. The van der Waals surface area contributed by atoms with Crippen molar-refractivity contribution >= 4 is 18.0 Å². The van der Waals surface area contributed by atoms with Crippen molar-refractivity contribution in [2.45, 2.75) is 78.7 Å². The van der Waals surface area contributed by atoms with Crippen LogP contribution in [-0.2, 0) is 19.1 Å². The topological polar surface area (TPSA) is 96.4 Å². The molecule has 0 aromatic heterocycles. The van der Waals surface area contributed by atoms with Gasteiger partial charge < -0.3 is 19.5 Å². The number of hydrogen-bond donors (Lipinski definition) is 1. The Morgan fingerprint density at radius 2 is 1.67 bits per heavy atom. The Bertz CT molecular complexity index is 543. The molecule has 0 radical (unpaired) electrons. The zero-order valence-corrected chi connectivity index (χ0v) is 17.5. The Morgan fingerprint density at radius 1 is 1.11 bits per heavy atom.